The Morgan fingerprint density at radius 2 is 2.21 bits per heavy atom. The van der Waals surface area contributed by atoms with Crippen molar-refractivity contribution in [3.63, 3.8) is 0 Å². The molecule has 7 nitrogen and oxygen atoms in total. The summed E-state index contributed by atoms with van der Waals surface area (Å²) < 4.78 is 0. The quantitative estimate of drug-likeness (QED) is 0.351. The zero-order chi connectivity index (χ0) is 17.5. The lowest BCUT2D eigenvalue weighted by Gasteiger charge is -2.04. The van der Waals surface area contributed by atoms with E-state index in [0.717, 1.165) is 11.3 Å². The Morgan fingerprint density at radius 1 is 1.42 bits per heavy atom. The van der Waals surface area contributed by atoms with Gasteiger partial charge in [-0.1, -0.05) is 18.2 Å². The lowest BCUT2D eigenvalue weighted by Crippen LogP contribution is -2.19. The standard InChI is InChI=1S/C17H20N4O3/c1-3-5-12-6-4-7-13(16(12)23)10-18-20-15(22)9-8-14-11(2)19-21-17(14)24/h3-4,6-7,10,23H,1,5,8-9H2,2H3,(H,20,22)(H2,19,21,24)/b18-10+. The van der Waals surface area contributed by atoms with Gasteiger partial charge in [-0.15, -0.1) is 6.58 Å². The van der Waals surface area contributed by atoms with E-state index in [9.17, 15) is 14.7 Å². The van der Waals surface area contributed by atoms with Crippen molar-refractivity contribution in [1.29, 1.82) is 0 Å². The molecule has 24 heavy (non-hydrogen) atoms. The molecular formula is C17H20N4O3. The van der Waals surface area contributed by atoms with E-state index in [1.54, 1.807) is 31.2 Å². The zero-order valence-electron chi connectivity index (χ0n) is 13.4. The second-order valence-electron chi connectivity index (χ2n) is 5.32. The van der Waals surface area contributed by atoms with Gasteiger partial charge in [-0.25, -0.2) is 5.43 Å². The molecule has 0 saturated heterocycles. The summed E-state index contributed by atoms with van der Waals surface area (Å²) in [7, 11) is 0. The minimum absolute atomic E-state index is 0.116. The molecule has 1 aromatic carbocycles. The van der Waals surface area contributed by atoms with Crippen molar-refractivity contribution < 1.29 is 9.90 Å². The number of allylic oxidation sites excluding steroid dienone is 1. The SMILES string of the molecule is C=CCc1cccc(/C=N/NC(=O)CCc2c(C)[nH][nH]c2=O)c1O. The summed E-state index contributed by atoms with van der Waals surface area (Å²) >= 11 is 0. The number of benzene rings is 1. The molecule has 1 amide bonds. The monoisotopic (exact) mass is 328 g/mol. The van der Waals surface area contributed by atoms with Crippen molar-refractivity contribution in [2.75, 3.05) is 0 Å². The predicted octanol–water partition coefficient (Wildman–Crippen LogP) is 1.53. The van der Waals surface area contributed by atoms with Gasteiger partial charge in [0, 0.05) is 23.2 Å². The van der Waals surface area contributed by atoms with E-state index < -0.39 is 0 Å². The average molecular weight is 328 g/mol. The number of rotatable bonds is 7. The number of phenols is 1. The lowest BCUT2D eigenvalue weighted by molar-refractivity contribution is -0.121. The minimum Gasteiger partial charge on any atom is -0.507 e. The number of nitrogens with one attached hydrogen (secondary N) is 3. The number of carbonyl (C=O) groups excluding carboxylic acids is 1. The molecule has 1 heterocycles. The van der Waals surface area contributed by atoms with Crippen LogP contribution in [0.3, 0.4) is 0 Å². The minimum atomic E-state index is -0.312. The van der Waals surface area contributed by atoms with Crippen LogP contribution in [0.15, 0.2) is 40.8 Å². The van der Waals surface area contributed by atoms with Crippen LogP contribution in [0, 0.1) is 6.92 Å². The summed E-state index contributed by atoms with van der Waals surface area (Å²) in [5, 5.41) is 19.1. The Bertz CT molecular complexity index is 817. The number of phenolic OH excluding ortho intramolecular Hbond substituents is 1. The molecule has 0 fully saturated rings. The molecule has 0 saturated carbocycles. The van der Waals surface area contributed by atoms with Crippen LogP contribution in [0.25, 0.3) is 0 Å². The van der Waals surface area contributed by atoms with Gasteiger partial charge in [0.05, 0.1) is 6.21 Å². The van der Waals surface area contributed by atoms with Crippen molar-refractivity contribution in [1.82, 2.24) is 15.6 Å². The third-order valence-corrected chi connectivity index (χ3v) is 3.60. The maximum atomic E-state index is 11.8. The topological polar surface area (TPSA) is 110 Å². The number of amides is 1. The fraction of sp³-hybridized carbons (Fsp3) is 0.235. The Balaban J connectivity index is 1.92. The van der Waals surface area contributed by atoms with Crippen molar-refractivity contribution in [2.45, 2.75) is 26.2 Å². The molecule has 0 aliphatic carbocycles. The highest BCUT2D eigenvalue weighted by Crippen LogP contribution is 2.21. The second kappa shape index (κ2) is 7.96. The molecule has 4 N–H and O–H groups in total. The van der Waals surface area contributed by atoms with Gasteiger partial charge in [-0.2, -0.15) is 5.10 Å². The smallest absolute Gasteiger partial charge is 0.267 e. The third-order valence-electron chi connectivity index (χ3n) is 3.60. The number of aromatic hydroxyl groups is 1. The van der Waals surface area contributed by atoms with E-state index in [1.807, 2.05) is 0 Å². The second-order valence-corrected chi connectivity index (χ2v) is 5.32. The first-order valence-corrected chi connectivity index (χ1v) is 7.52. The van der Waals surface area contributed by atoms with Crippen LogP contribution >= 0.6 is 0 Å². The molecule has 0 atom stereocenters. The van der Waals surface area contributed by atoms with Gasteiger partial charge in [0.15, 0.2) is 0 Å². The van der Waals surface area contributed by atoms with E-state index >= 15 is 0 Å². The number of hydrazone groups is 1. The van der Waals surface area contributed by atoms with Crippen LogP contribution in [0.2, 0.25) is 0 Å². The Labute approximate surface area is 139 Å². The Morgan fingerprint density at radius 3 is 2.88 bits per heavy atom. The third kappa shape index (κ3) is 4.22. The van der Waals surface area contributed by atoms with Gasteiger partial charge in [0.25, 0.3) is 5.56 Å². The van der Waals surface area contributed by atoms with Crippen molar-refractivity contribution in [2.24, 2.45) is 5.10 Å². The molecule has 0 bridgehead atoms. The molecule has 2 aromatic rings. The van der Waals surface area contributed by atoms with Crippen LogP contribution in [-0.4, -0.2) is 27.4 Å². The van der Waals surface area contributed by atoms with E-state index in [0.29, 0.717) is 24.0 Å². The van der Waals surface area contributed by atoms with E-state index in [2.05, 4.69) is 27.3 Å². The number of carbonyl (C=O) groups is 1. The molecule has 2 rings (SSSR count). The molecule has 0 radical (unpaired) electrons. The van der Waals surface area contributed by atoms with Crippen LogP contribution in [0.4, 0.5) is 0 Å². The highest BCUT2D eigenvalue weighted by atomic mass is 16.3. The van der Waals surface area contributed by atoms with Crippen molar-refractivity contribution in [3.05, 3.63) is 63.6 Å². The summed E-state index contributed by atoms with van der Waals surface area (Å²) in [6, 6.07) is 5.28. The number of aromatic amines is 2. The molecule has 7 heteroatoms. The zero-order valence-corrected chi connectivity index (χ0v) is 13.4. The fourth-order valence-electron chi connectivity index (χ4n) is 2.28. The van der Waals surface area contributed by atoms with Crippen LogP contribution < -0.4 is 11.0 Å². The van der Waals surface area contributed by atoms with Gasteiger partial charge >= 0.3 is 0 Å². The summed E-state index contributed by atoms with van der Waals surface area (Å²) in [5.74, 6) is -0.196. The van der Waals surface area contributed by atoms with Crippen molar-refractivity contribution >= 4 is 12.1 Å². The number of para-hydroxylation sites is 1. The normalized spacial score (nSPS) is 10.9. The molecule has 0 aliphatic rings. The number of hydrogen-bond donors (Lipinski definition) is 4. The highest BCUT2D eigenvalue weighted by Gasteiger charge is 2.09. The number of aryl methyl sites for hydroxylation is 1. The first-order valence-electron chi connectivity index (χ1n) is 7.52. The van der Waals surface area contributed by atoms with E-state index in [-0.39, 0.29) is 23.6 Å². The summed E-state index contributed by atoms with van der Waals surface area (Å²) in [4.78, 5) is 23.3. The Kier molecular flexibility index (Phi) is 5.73. The van der Waals surface area contributed by atoms with Gasteiger partial charge in [0.1, 0.15) is 5.75 Å². The number of hydrogen-bond acceptors (Lipinski definition) is 4. The number of H-pyrrole nitrogens is 2. The van der Waals surface area contributed by atoms with Gasteiger partial charge in [-0.05, 0) is 31.4 Å². The molecular weight excluding hydrogens is 308 g/mol. The predicted molar refractivity (Wildman–Crippen MR) is 92.2 cm³/mol. The summed E-state index contributed by atoms with van der Waals surface area (Å²) in [6.45, 7) is 5.40. The summed E-state index contributed by atoms with van der Waals surface area (Å²) in [6.07, 6.45) is 4.09. The fourth-order valence-corrected chi connectivity index (χ4v) is 2.28. The van der Waals surface area contributed by atoms with Gasteiger partial charge in [0.2, 0.25) is 5.91 Å². The molecule has 1 aromatic heterocycles. The maximum absolute atomic E-state index is 11.8. The maximum Gasteiger partial charge on any atom is 0.267 e. The molecule has 0 unspecified atom stereocenters. The van der Waals surface area contributed by atoms with Crippen LogP contribution in [0.1, 0.15) is 28.8 Å². The number of aromatic nitrogens is 2. The van der Waals surface area contributed by atoms with Crippen LogP contribution in [-0.2, 0) is 17.6 Å². The molecule has 0 aliphatic heterocycles. The number of nitrogens with zero attached hydrogens (tertiary/aromatic N) is 1. The molecule has 0 spiro atoms. The lowest BCUT2D eigenvalue weighted by atomic mass is 10.1. The average Bonchev–Trinajstić information content (AvgIpc) is 2.87. The van der Waals surface area contributed by atoms with Crippen molar-refractivity contribution in [3.8, 4) is 5.75 Å². The van der Waals surface area contributed by atoms with Crippen LogP contribution in [0.5, 0.6) is 5.75 Å². The van der Waals surface area contributed by atoms with E-state index in [1.165, 1.54) is 6.21 Å². The highest BCUT2D eigenvalue weighted by molar-refractivity contribution is 5.85. The van der Waals surface area contributed by atoms with E-state index in [4.69, 9.17) is 0 Å². The van der Waals surface area contributed by atoms with Gasteiger partial charge < -0.3 is 10.2 Å². The first kappa shape index (κ1) is 17.3. The molecule has 126 valence electrons. The summed E-state index contributed by atoms with van der Waals surface area (Å²) in [5.41, 5.74) is 4.70. The van der Waals surface area contributed by atoms with Gasteiger partial charge in [-0.3, -0.25) is 14.7 Å². The first-order chi connectivity index (χ1) is 11.5. The largest absolute Gasteiger partial charge is 0.507 e. The Hall–Kier alpha value is -3.09.